The molecule has 1 aliphatic carbocycles. The van der Waals surface area contributed by atoms with E-state index >= 15 is 0 Å². The number of hydrogen-bond donors (Lipinski definition) is 0. The third-order valence-corrected chi connectivity index (χ3v) is 2.58. The molecule has 0 saturated heterocycles. The van der Waals surface area contributed by atoms with Crippen molar-refractivity contribution in [3.05, 3.63) is 33.9 Å². The Labute approximate surface area is 70.5 Å². The maximum atomic E-state index is 3.51. The van der Waals surface area contributed by atoms with Crippen molar-refractivity contribution in [1.82, 2.24) is 0 Å². The molecule has 0 heterocycles. The number of rotatable bonds is 0. The van der Waals surface area contributed by atoms with Gasteiger partial charge in [-0.15, -0.1) is 0 Å². The van der Waals surface area contributed by atoms with Crippen molar-refractivity contribution < 1.29 is 0 Å². The molecule has 0 bridgehead atoms. The van der Waals surface area contributed by atoms with E-state index in [2.05, 4.69) is 48.0 Å². The molecular formula is C9H11Br. The van der Waals surface area contributed by atoms with Crippen molar-refractivity contribution in [1.29, 1.82) is 0 Å². The number of hydrogen-bond acceptors (Lipinski definition) is 0. The molecule has 0 nitrogen and oxygen atoms in total. The Hall–Kier alpha value is -0.300. The Morgan fingerprint density at radius 3 is 2.70 bits per heavy atom. The first-order chi connectivity index (χ1) is 4.70. The van der Waals surface area contributed by atoms with E-state index < -0.39 is 0 Å². The third kappa shape index (κ3) is 1.84. The van der Waals surface area contributed by atoms with Crippen molar-refractivity contribution in [2.75, 3.05) is 0 Å². The first-order valence-corrected chi connectivity index (χ1v) is 4.19. The van der Waals surface area contributed by atoms with Gasteiger partial charge < -0.3 is 0 Å². The maximum absolute atomic E-state index is 3.51. The first kappa shape index (κ1) is 7.80. The number of halogens is 1. The molecule has 0 aromatic rings. The minimum absolute atomic E-state index is 1.03. The smallest absolute Gasteiger partial charge is 0.00177 e. The highest BCUT2D eigenvalue weighted by Gasteiger charge is 1.97. The summed E-state index contributed by atoms with van der Waals surface area (Å²) in [5.74, 6) is 0. The molecule has 0 saturated carbocycles. The molecule has 0 unspecified atom stereocenters. The van der Waals surface area contributed by atoms with Crippen molar-refractivity contribution in [3.8, 4) is 0 Å². The Bertz CT molecular complexity index is 219. The van der Waals surface area contributed by atoms with Crippen molar-refractivity contribution in [2.24, 2.45) is 0 Å². The van der Waals surface area contributed by atoms with E-state index in [1.807, 2.05) is 0 Å². The van der Waals surface area contributed by atoms with Crippen LogP contribution in [0.1, 0.15) is 20.3 Å². The van der Waals surface area contributed by atoms with Gasteiger partial charge in [-0.25, -0.2) is 0 Å². The van der Waals surface area contributed by atoms with Crippen LogP contribution in [0.4, 0.5) is 0 Å². The second kappa shape index (κ2) is 3.20. The van der Waals surface area contributed by atoms with Gasteiger partial charge in [-0.05, 0) is 25.8 Å². The van der Waals surface area contributed by atoms with E-state index in [9.17, 15) is 0 Å². The molecule has 1 heteroatoms. The molecule has 0 fully saturated rings. The molecule has 0 atom stereocenters. The number of allylic oxidation sites excluding steroid dienone is 6. The fraction of sp³-hybridized carbons (Fsp3) is 0.333. The monoisotopic (exact) mass is 198 g/mol. The van der Waals surface area contributed by atoms with Gasteiger partial charge in [0, 0.05) is 4.48 Å². The van der Waals surface area contributed by atoms with Crippen LogP contribution in [-0.4, -0.2) is 0 Å². The van der Waals surface area contributed by atoms with Crippen LogP contribution in [0.2, 0.25) is 0 Å². The average molecular weight is 199 g/mol. The second-order valence-electron chi connectivity index (χ2n) is 2.57. The van der Waals surface area contributed by atoms with E-state index in [1.165, 1.54) is 15.6 Å². The lowest BCUT2D eigenvalue weighted by Crippen LogP contribution is -1.71. The molecule has 0 radical (unpaired) electrons. The second-order valence-corrected chi connectivity index (χ2v) is 3.53. The van der Waals surface area contributed by atoms with Gasteiger partial charge in [0.25, 0.3) is 0 Å². The minimum atomic E-state index is 1.03. The van der Waals surface area contributed by atoms with Gasteiger partial charge in [-0.1, -0.05) is 39.7 Å². The van der Waals surface area contributed by atoms with Crippen molar-refractivity contribution in [3.63, 3.8) is 0 Å². The summed E-state index contributed by atoms with van der Waals surface area (Å²) in [6.07, 6.45) is 7.54. The summed E-state index contributed by atoms with van der Waals surface area (Å²) in [5.41, 5.74) is 2.67. The zero-order valence-electron chi connectivity index (χ0n) is 6.32. The SMILES string of the molecule is CC1=CCC(Br)=C(C)C=C1. The average Bonchev–Trinajstić information content (AvgIpc) is 2.04. The summed E-state index contributed by atoms with van der Waals surface area (Å²) in [6, 6.07) is 0. The van der Waals surface area contributed by atoms with Crippen molar-refractivity contribution >= 4 is 15.9 Å². The lowest BCUT2D eigenvalue weighted by atomic mass is 10.2. The summed E-state index contributed by atoms with van der Waals surface area (Å²) in [7, 11) is 0. The van der Waals surface area contributed by atoms with Gasteiger partial charge in [-0.3, -0.25) is 0 Å². The van der Waals surface area contributed by atoms with Gasteiger partial charge in [0.15, 0.2) is 0 Å². The lowest BCUT2D eigenvalue weighted by molar-refractivity contribution is 1.30. The molecule has 1 aliphatic rings. The molecule has 0 aromatic heterocycles. The quantitative estimate of drug-likeness (QED) is 0.559. The van der Waals surface area contributed by atoms with E-state index in [0.717, 1.165) is 6.42 Å². The molecule has 0 aromatic carbocycles. The van der Waals surface area contributed by atoms with Crippen molar-refractivity contribution in [2.45, 2.75) is 20.3 Å². The fourth-order valence-electron chi connectivity index (χ4n) is 0.826. The topological polar surface area (TPSA) is 0 Å². The van der Waals surface area contributed by atoms with E-state index in [-0.39, 0.29) is 0 Å². The summed E-state index contributed by atoms with van der Waals surface area (Å²) < 4.78 is 1.29. The van der Waals surface area contributed by atoms with Gasteiger partial charge in [0.05, 0.1) is 0 Å². The standard InChI is InChI=1S/C9H11Br/c1-7-3-5-8(2)9(10)6-4-7/h3-5H,6H2,1-2H3. The maximum Gasteiger partial charge on any atom is 0.00177 e. The van der Waals surface area contributed by atoms with E-state index in [4.69, 9.17) is 0 Å². The molecule has 0 N–H and O–H groups in total. The zero-order valence-corrected chi connectivity index (χ0v) is 7.90. The predicted octanol–water partition coefficient (Wildman–Crippen LogP) is 3.56. The van der Waals surface area contributed by atoms with Crippen LogP contribution in [0.5, 0.6) is 0 Å². The van der Waals surface area contributed by atoms with Crippen LogP contribution < -0.4 is 0 Å². The van der Waals surface area contributed by atoms with E-state index in [0.29, 0.717) is 0 Å². The molecule has 10 heavy (non-hydrogen) atoms. The minimum Gasteiger partial charge on any atom is -0.0767 e. The highest BCUT2D eigenvalue weighted by molar-refractivity contribution is 9.11. The highest BCUT2D eigenvalue weighted by atomic mass is 79.9. The lowest BCUT2D eigenvalue weighted by Gasteiger charge is -1.93. The summed E-state index contributed by atoms with van der Waals surface area (Å²) >= 11 is 3.51. The van der Waals surface area contributed by atoms with Crippen LogP contribution in [-0.2, 0) is 0 Å². The largest absolute Gasteiger partial charge is 0.0767 e. The highest BCUT2D eigenvalue weighted by Crippen LogP contribution is 2.21. The van der Waals surface area contributed by atoms with Gasteiger partial charge in [-0.2, -0.15) is 0 Å². The Morgan fingerprint density at radius 2 is 2.00 bits per heavy atom. The van der Waals surface area contributed by atoms with Crippen LogP contribution >= 0.6 is 15.9 Å². The fourth-order valence-corrected chi connectivity index (χ4v) is 1.12. The Kier molecular flexibility index (Phi) is 2.50. The molecular weight excluding hydrogens is 188 g/mol. The summed E-state index contributed by atoms with van der Waals surface area (Å²) in [6.45, 7) is 4.24. The van der Waals surface area contributed by atoms with Crippen LogP contribution in [0, 0.1) is 0 Å². The molecule has 54 valence electrons. The first-order valence-electron chi connectivity index (χ1n) is 3.40. The third-order valence-electron chi connectivity index (χ3n) is 1.63. The Balaban J connectivity index is 2.89. The normalized spacial score (nSPS) is 18.9. The van der Waals surface area contributed by atoms with Gasteiger partial charge >= 0.3 is 0 Å². The summed E-state index contributed by atoms with van der Waals surface area (Å²) in [4.78, 5) is 0. The molecule has 0 spiro atoms. The van der Waals surface area contributed by atoms with Crippen LogP contribution in [0.25, 0.3) is 0 Å². The van der Waals surface area contributed by atoms with E-state index in [1.54, 1.807) is 0 Å². The summed E-state index contributed by atoms with van der Waals surface area (Å²) in [5, 5.41) is 0. The molecule has 0 amide bonds. The zero-order chi connectivity index (χ0) is 7.56. The van der Waals surface area contributed by atoms with Gasteiger partial charge in [0.1, 0.15) is 0 Å². The predicted molar refractivity (Wildman–Crippen MR) is 49.1 cm³/mol. The molecule has 1 rings (SSSR count). The van der Waals surface area contributed by atoms with Crippen LogP contribution in [0.3, 0.4) is 0 Å². The van der Waals surface area contributed by atoms with Crippen LogP contribution in [0.15, 0.2) is 33.9 Å². The molecule has 0 aliphatic heterocycles. The Morgan fingerprint density at radius 1 is 1.30 bits per heavy atom. The van der Waals surface area contributed by atoms with Gasteiger partial charge in [0.2, 0.25) is 0 Å².